The maximum Gasteiger partial charge on any atom is 0.178 e. The summed E-state index contributed by atoms with van der Waals surface area (Å²) >= 11 is 5.55. The predicted molar refractivity (Wildman–Crippen MR) is 63.4 cm³/mol. The van der Waals surface area contributed by atoms with Gasteiger partial charge in [0.2, 0.25) is 0 Å². The Morgan fingerprint density at radius 3 is 2.47 bits per heavy atom. The lowest BCUT2D eigenvalue weighted by Gasteiger charge is -2.06. The van der Waals surface area contributed by atoms with Gasteiger partial charge in [0.25, 0.3) is 0 Å². The lowest BCUT2D eigenvalue weighted by Crippen LogP contribution is -2.02. The second kappa shape index (κ2) is 3.91. The van der Waals surface area contributed by atoms with Crippen molar-refractivity contribution in [1.82, 2.24) is 0 Å². The van der Waals surface area contributed by atoms with Gasteiger partial charge in [0.1, 0.15) is 0 Å². The van der Waals surface area contributed by atoms with Crippen LogP contribution in [0.3, 0.4) is 0 Å². The van der Waals surface area contributed by atoms with Crippen molar-refractivity contribution in [3.63, 3.8) is 0 Å². The SMILES string of the molecule is Nc1ccc(C(=O)CCl)c2ccccc12. The third kappa shape index (κ3) is 1.68. The van der Waals surface area contributed by atoms with E-state index < -0.39 is 0 Å². The highest BCUT2D eigenvalue weighted by molar-refractivity contribution is 6.32. The van der Waals surface area contributed by atoms with Crippen LogP contribution >= 0.6 is 11.6 Å². The zero-order valence-corrected chi connectivity index (χ0v) is 8.79. The molecule has 0 aliphatic rings. The fraction of sp³-hybridized carbons (Fsp3) is 0.0833. The van der Waals surface area contributed by atoms with Crippen molar-refractivity contribution in [3.8, 4) is 0 Å². The first-order valence-electron chi connectivity index (χ1n) is 4.60. The second-order valence-electron chi connectivity index (χ2n) is 3.30. The normalized spacial score (nSPS) is 10.5. The summed E-state index contributed by atoms with van der Waals surface area (Å²) in [7, 11) is 0. The number of fused-ring (bicyclic) bond motifs is 1. The first-order valence-corrected chi connectivity index (χ1v) is 5.14. The number of benzene rings is 2. The van der Waals surface area contributed by atoms with Gasteiger partial charge in [-0.2, -0.15) is 0 Å². The highest BCUT2D eigenvalue weighted by Crippen LogP contribution is 2.24. The molecule has 0 amide bonds. The molecule has 0 radical (unpaired) electrons. The van der Waals surface area contributed by atoms with Crippen LogP contribution in [0.1, 0.15) is 10.4 Å². The molecule has 3 heteroatoms. The molecule has 0 atom stereocenters. The number of hydrogen-bond donors (Lipinski definition) is 1. The maximum atomic E-state index is 11.6. The number of nitrogen functional groups attached to an aromatic ring is 1. The molecule has 0 aromatic heterocycles. The third-order valence-corrected chi connectivity index (χ3v) is 2.62. The Kier molecular flexibility index (Phi) is 2.60. The number of Topliss-reactive ketones (excluding diaryl/α,β-unsaturated/α-hetero) is 1. The number of rotatable bonds is 2. The minimum Gasteiger partial charge on any atom is -0.398 e. The number of alkyl halides is 1. The molecule has 0 aliphatic heterocycles. The molecule has 2 aromatic rings. The van der Waals surface area contributed by atoms with Gasteiger partial charge in [-0.15, -0.1) is 11.6 Å². The van der Waals surface area contributed by atoms with Crippen LogP contribution in [0, 0.1) is 0 Å². The molecule has 0 bridgehead atoms. The van der Waals surface area contributed by atoms with Gasteiger partial charge >= 0.3 is 0 Å². The summed E-state index contributed by atoms with van der Waals surface area (Å²) in [5.74, 6) is -0.0821. The molecule has 0 saturated heterocycles. The van der Waals surface area contributed by atoms with E-state index in [4.69, 9.17) is 17.3 Å². The zero-order chi connectivity index (χ0) is 10.8. The highest BCUT2D eigenvalue weighted by Gasteiger charge is 2.09. The topological polar surface area (TPSA) is 43.1 Å². The van der Waals surface area contributed by atoms with Crippen LogP contribution in [0.15, 0.2) is 36.4 Å². The largest absolute Gasteiger partial charge is 0.398 e. The van der Waals surface area contributed by atoms with Gasteiger partial charge in [0.15, 0.2) is 5.78 Å². The summed E-state index contributed by atoms with van der Waals surface area (Å²) in [6.07, 6.45) is 0. The van der Waals surface area contributed by atoms with Crippen molar-refractivity contribution in [1.29, 1.82) is 0 Å². The van der Waals surface area contributed by atoms with E-state index in [0.29, 0.717) is 11.3 Å². The van der Waals surface area contributed by atoms with Crippen LogP contribution < -0.4 is 5.73 Å². The van der Waals surface area contributed by atoms with Crippen LogP contribution in [0.2, 0.25) is 0 Å². The lowest BCUT2D eigenvalue weighted by atomic mass is 10.0. The molecule has 0 spiro atoms. The van der Waals surface area contributed by atoms with Gasteiger partial charge < -0.3 is 5.73 Å². The predicted octanol–water partition coefficient (Wildman–Crippen LogP) is 2.84. The fourth-order valence-corrected chi connectivity index (χ4v) is 1.78. The van der Waals surface area contributed by atoms with Gasteiger partial charge in [0.05, 0.1) is 5.88 Å². The molecule has 2 rings (SSSR count). The Balaban J connectivity index is 2.77. The molecule has 0 heterocycles. The van der Waals surface area contributed by atoms with Gasteiger partial charge in [-0.3, -0.25) is 4.79 Å². The molecule has 76 valence electrons. The first kappa shape index (κ1) is 9.99. The molecule has 0 saturated carbocycles. The molecule has 2 aromatic carbocycles. The zero-order valence-electron chi connectivity index (χ0n) is 8.03. The standard InChI is InChI=1S/C12H10ClNO/c13-7-12(15)10-5-6-11(14)9-4-2-1-3-8(9)10/h1-6H,7,14H2. The van der Waals surface area contributed by atoms with Crippen LogP contribution in [0.25, 0.3) is 10.8 Å². The number of halogens is 1. The summed E-state index contributed by atoms with van der Waals surface area (Å²) in [6.45, 7) is 0. The van der Waals surface area contributed by atoms with E-state index in [9.17, 15) is 4.79 Å². The van der Waals surface area contributed by atoms with Gasteiger partial charge in [-0.1, -0.05) is 24.3 Å². The number of hydrogen-bond acceptors (Lipinski definition) is 2. The van der Waals surface area contributed by atoms with E-state index in [1.807, 2.05) is 24.3 Å². The number of carbonyl (C=O) groups is 1. The summed E-state index contributed by atoms with van der Waals surface area (Å²) in [5, 5.41) is 1.76. The van der Waals surface area contributed by atoms with Gasteiger partial charge in [-0.25, -0.2) is 0 Å². The van der Waals surface area contributed by atoms with Gasteiger partial charge in [0, 0.05) is 16.6 Å². The summed E-state index contributed by atoms with van der Waals surface area (Å²) in [6, 6.07) is 11.0. The van der Waals surface area contributed by atoms with Crippen LogP contribution in [-0.2, 0) is 0 Å². The Morgan fingerprint density at radius 2 is 1.80 bits per heavy atom. The van der Waals surface area contributed by atoms with Crippen LogP contribution in [-0.4, -0.2) is 11.7 Å². The lowest BCUT2D eigenvalue weighted by molar-refractivity contribution is 0.102. The van der Waals surface area contributed by atoms with E-state index in [-0.39, 0.29) is 11.7 Å². The van der Waals surface area contributed by atoms with Crippen molar-refractivity contribution in [2.24, 2.45) is 0 Å². The fourth-order valence-electron chi connectivity index (χ4n) is 1.64. The molecular formula is C12H10ClNO. The van der Waals surface area contributed by atoms with E-state index in [1.54, 1.807) is 12.1 Å². The number of anilines is 1. The third-order valence-electron chi connectivity index (χ3n) is 2.38. The molecule has 0 unspecified atom stereocenters. The van der Waals surface area contributed by atoms with E-state index >= 15 is 0 Å². The number of nitrogens with two attached hydrogens (primary N) is 1. The van der Waals surface area contributed by atoms with Crippen LogP contribution in [0.4, 0.5) is 5.69 Å². The Morgan fingerprint density at radius 1 is 1.13 bits per heavy atom. The Bertz CT molecular complexity index is 522. The quantitative estimate of drug-likeness (QED) is 0.480. The van der Waals surface area contributed by atoms with Crippen molar-refractivity contribution in [2.75, 3.05) is 11.6 Å². The minimum absolute atomic E-state index is 0.00604. The maximum absolute atomic E-state index is 11.6. The summed E-state index contributed by atoms with van der Waals surface area (Å²) < 4.78 is 0. The number of ketones is 1. The number of carbonyl (C=O) groups excluding carboxylic acids is 1. The van der Waals surface area contributed by atoms with E-state index in [2.05, 4.69) is 0 Å². The average molecular weight is 220 g/mol. The van der Waals surface area contributed by atoms with Crippen molar-refractivity contribution < 1.29 is 4.79 Å². The molecule has 0 aliphatic carbocycles. The molecule has 0 fully saturated rings. The molecule has 2 nitrogen and oxygen atoms in total. The van der Waals surface area contributed by atoms with Crippen molar-refractivity contribution in [3.05, 3.63) is 42.0 Å². The smallest absolute Gasteiger partial charge is 0.178 e. The molecule has 15 heavy (non-hydrogen) atoms. The van der Waals surface area contributed by atoms with Crippen molar-refractivity contribution >= 4 is 33.8 Å². The molecule has 2 N–H and O–H groups in total. The Hall–Kier alpha value is -1.54. The second-order valence-corrected chi connectivity index (χ2v) is 3.57. The van der Waals surface area contributed by atoms with Crippen molar-refractivity contribution in [2.45, 2.75) is 0 Å². The van der Waals surface area contributed by atoms with Gasteiger partial charge in [-0.05, 0) is 17.5 Å². The Labute approximate surface area is 92.6 Å². The monoisotopic (exact) mass is 219 g/mol. The highest BCUT2D eigenvalue weighted by atomic mass is 35.5. The van der Waals surface area contributed by atoms with E-state index in [0.717, 1.165) is 10.8 Å². The summed E-state index contributed by atoms with van der Waals surface area (Å²) in [5.41, 5.74) is 7.13. The average Bonchev–Trinajstić information content (AvgIpc) is 2.29. The van der Waals surface area contributed by atoms with Crippen LogP contribution in [0.5, 0.6) is 0 Å². The minimum atomic E-state index is -0.0760. The van der Waals surface area contributed by atoms with E-state index in [1.165, 1.54) is 0 Å². The molecular weight excluding hydrogens is 210 g/mol. The summed E-state index contributed by atoms with van der Waals surface area (Å²) in [4.78, 5) is 11.6. The first-order chi connectivity index (χ1) is 7.24.